The molecule has 1 fully saturated rings. The van der Waals surface area contributed by atoms with Crippen LogP contribution in [0.3, 0.4) is 0 Å². The average Bonchev–Trinajstić information content (AvgIpc) is 3.30. The number of pyridine rings is 1. The van der Waals surface area contributed by atoms with Gasteiger partial charge in [0.1, 0.15) is 11.2 Å². The van der Waals surface area contributed by atoms with Crippen LogP contribution in [-0.4, -0.2) is 25.2 Å². The van der Waals surface area contributed by atoms with Crippen LogP contribution in [0.5, 0.6) is 0 Å². The van der Waals surface area contributed by atoms with Crippen molar-refractivity contribution in [1.29, 1.82) is 0 Å². The third-order valence-electron chi connectivity index (χ3n) is 6.78. The molecule has 0 radical (unpaired) electrons. The van der Waals surface area contributed by atoms with Crippen LogP contribution in [0, 0.1) is 20.8 Å². The minimum atomic E-state index is -0.325. The first-order chi connectivity index (χ1) is 16.0. The van der Waals surface area contributed by atoms with Gasteiger partial charge in [0.05, 0.1) is 11.6 Å². The fourth-order valence-corrected chi connectivity index (χ4v) is 5.00. The number of hydrogen-bond donors (Lipinski definition) is 1. The lowest BCUT2D eigenvalue weighted by molar-refractivity contribution is 0.315. The molecule has 2 aromatic carbocycles. The SMILES string of the molecule is Cc1ccc2nc(Cl)c(C(Nc3ccc(C)c(C)c3)c3nnnn3C3CCCCC3)cc2c1. The summed E-state index contributed by atoms with van der Waals surface area (Å²) in [7, 11) is 0. The summed E-state index contributed by atoms with van der Waals surface area (Å²) in [6.45, 7) is 6.32. The number of aryl methyl sites for hydroxylation is 3. The van der Waals surface area contributed by atoms with E-state index in [1.165, 1.54) is 36.0 Å². The largest absolute Gasteiger partial charge is 0.371 e. The van der Waals surface area contributed by atoms with E-state index < -0.39 is 0 Å². The standard InChI is InChI=1S/C26H29ClN6/c1-16-9-12-23-19(13-16)15-22(25(27)29-23)24(28-20-11-10-17(2)18(3)14-20)26-30-31-32-33(26)21-7-5-4-6-8-21/h9-15,21,24,28H,4-8H2,1-3H3. The van der Waals surface area contributed by atoms with Crippen molar-refractivity contribution < 1.29 is 0 Å². The molecule has 1 atom stereocenters. The normalized spacial score (nSPS) is 15.6. The Labute approximate surface area is 199 Å². The Hall–Kier alpha value is -2.99. The van der Waals surface area contributed by atoms with Gasteiger partial charge in [-0.2, -0.15) is 0 Å². The smallest absolute Gasteiger partial charge is 0.178 e. The topological polar surface area (TPSA) is 68.5 Å². The molecule has 0 aliphatic heterocycles. The van der Waals surface area contributed by atoms with Gasteiger partial charge in [0.25, 0.3) is 0 Å². The highest BCUT2D eigenvalue weighted by Crippen LogP contribution is 2.35. The van der Waals surface area contributed by atoms with Gasteiger partial charge in [0, 0.05) is 16.6 Å². The second-order valence-corrected chi connectivity index (χ2v) is 9.57. The van der Waals surface area contributed by atoms with Crippen LogP contribution in [0.25, 0.3) is 10.9 Å². The fourth-order valence-electron chi connectivity index (χ4n) is 4.75. The first-order valence-electron chi connectivity index (χ1n) is 11.7. The number of anilines is 1. The molecule has 5 rings (SSSR count). The zero-order valence-corrected chi connectivity index (χ0v) is 20.1. The molecule has 1 saturated carbocycles. The van der Waals surface area contributed by atoms with Crippen LogP contribution in [0.4, 0.5) is 5.69 Å². The van der Waals surface area contributed by atoms with Crippen LogP contribution in [0.15, 0.2) is 42.5 Å². The predicted octanol–water partition coefficient (Wildman–Crippen LogP) is 6.51. The van der Waals surface area contributed by atoms with Crippen LogP contribution < -0.4 is 5.32 Å². The van der Waals surface area contributed by atoms with E-state index in [1.807, 2.05) is 10.7 Å². The maximum Gasteiger partial charge on any atom is 0.178 e. The number of rotatable bonds is 5. The van der Waals surface area contributed by atoms with Crippen molar-refractivity contribution in [3.05, 3.63) is 75.7 Å². The molecule has 6 nitrogen and oxygen atoms in total. The summed E-state index contributed by atoms with van der Waals surface area (Å²) >= 11 is 6.79. The van der Waals surface area contributed by atoms with Gasteiger partial charge in [-0.15, -0.1) is 5.10 Å². The Morgan fingerprint density at radius 2 is 1.79 bits per heavy atom. The molecule has 0 spiro atoms. The summed E-state index contributed by atoms with van der Waals surface area (Å²) in [5, 5.41) is 18.2. The number of nitrogens with zero attached hydrogens (tertiary/aromatic N) is 5. The Kier molecular flexibility index (Phi) is 6.02. The second-order valence-electron chi connectivity index (χ2n) is 9.21. The van der Waals surface area contributed by atoms with Crippen molar-refractivity contribution in [2.45, 2.75) is 65.0 Å². The van der Waals surface area contributed by atoms with Gasteiger partial charge >= 0.3 is 0 Å². The van der Waals surface area contributed by atoms with Gasteiger partial charge in [-0.3, -0.25) is 0 Å². The van der Waals surface area contributed by atoms with E-state index in [1.54, 1.807) is 0 Å². The average molecular weight is 461 g/mol. The van der Waals surface area contributed by atoms with Gasteiger partial charge in [-0.25, -0.2) is 9.67 Å². The first-order valence-corrected chi connectivity index (χ1v) is 12.1. The van der Waals surface area contributed by atoms with Crippen LogP contribution in [0.1, 0.15) is 72.3 Å². The molecule has 1 aliphatic rings. The minimum Gasteiger partial charge on any atom is -0.371 e. The van der Waals surface area contributed by atoms with E-state index in [-0.39, 0.29) is 6.04 Å². The monoisotopic (exact) mass is 460 g/mol. The maximum atomic E-state index is 6.79. The molecule has 1 aliphatic carbocycles. The molecule has 7 heteroatoms. The minimum absolute atomic E-state index is 0.308. The van der Waals surface area contributed by atoms with Crippen molar-refractivity contribution in [3.63, 3.8) is 0 Å². The summed E-state index contributed by atoms with van der Waals surface area (Å²) in [6, 6.07) is 14.7. The zero-order valence-electron chi connectivity index (χ0n) is 19.3. The molecule has 0 saturated heterocycles. The lowest BCUT2D eigenvalue weighted by atomic mass is 9.95. The third kappa shape index (κ3) is 4.44. The van der Waals surface area contributed by atoms with Crippen LogP contribution in [-0.2, 0) is 0 Å². The molecule has 4 aromatic rings. The van der Waals surface area contributed by atoms with Crippen molar-refractivity contribution >= 4 is 28.2 Å². The van der Waals surface area contributed by atoms with E-state index in [0.29, 0.717) is 11.2 Å². The Morgan fingerprint density at radius 3 is 2.58 bits per heavy atom. The number of fused-ring (bicyclic) bond motifs is 1. The number of hydrogen-bond acceptors (Lipinski definition) is 5. The molecule has 0 amide bonds. The highest BCUT2D eigenvalue weighted by Gasteiger charge is 2.28. The van der Waals surface area contributed by atoms with Crippen LogP contribution in [0.2, 0.25) is 5.15 Å². The zero-order chi connectivity index (χ0) is 22.9. The van der Waals surface area contributed by atoms with Gasteiger partial charge in [0.2, 0.25) is 0 Å². The Morgan fingerprint density at radius 1 is 0.970 bits per heavy atom. The molecule has 1 N–H and O–H groups in total. The van der Waals surface area contributed by atoms with E-state index in [2.05, 4.69) is 78.0 Å². The van der Waals surface area contributed by atoms with Gasteiger partial charge in [-0.05, 0) is 85.5 Å². The third-order valence-corrected chi connectivity index (χ3v) is 7.08. The molecule has 33 heavy (non-hydrogen) atoms. The molecule has 0 bridgehead atoms. The van der Waals surface area contributed by atoms with Gasteiger partial charge in [0.15, 0.2) is 5.82 Å². The van der Waals surface area contributed by atoms with Crippen molar-refractivity contribution in [2.24, 2.45) is 0 Å². The summed E-state index contributed by atoms with van der Waals surface area (Å²) in [5.74, 6) is 0.774. The lowest BCUT2D eigenvalue weighted by Gasteiger charge is -2.26. The summed E-state index contributed by atoms with van der Waals surface area (Å²) in [6.07, 6.45) is 5.88. The van der Waals surface area contributed by atoms with Crippen molar-refractivity contribution in [2.75, 3.05) is 5.32 Å². The summed E-state index contributed by atoms with van der Waals surface area (Å²) < 4.78 is 2.01. The Balaban J connectivity index is 1.63. The number of tetrazole rings is 1. The number of nitrogens with one attached hydrogen (secondary N) is 1. The first kappa shape index (κ1) is 21.8. The number of benzene rings is 2. The van der Waals surface area contributed by atoms with E-state index in [0.717, 1.165) is 40.8 Å². The van der Waals surface area contributed by atoms with Crippen LogP contribution >= 0.6 is 11.6 Å². The number of aromatic nitrogens is 5. The van der Waals surface area contributed by atoms with E-state index in [4.69, 9.17) is 16.6 Å². The molecule has 2 aromatic heterocycles. The highest BCUT2D eigenvalue weighted by atomic mass is 35.5. The quantitative estimate of drug-likeness (QED) is 0.344. The van der Waals surface area contributed by atoms with E-state index in [9.17, 15) is 0 Å². The Bertz CT molecular complexity index is 1290. The predicted molar refractivity (Wildman–Crippen MR) is 133 cm³/mol. The highest BCUT2D eigenvalue weighted by molar-refractivity contribution is 6.30. The van der Waals surface area contributed by atoms with Gasteiger partial charge < -0.3 is 5.32 Å². The molecular formula is C26H29ClN6. The molecular weight excluding hydrogens is 432 g/mol. The molecule has 1 unspecified atom stereocenters. The summed E-state index contributed by atoms with van der Waals surface area (Å²) in [5.41, 5.74) is 6.42. The molecule has 170 valence electrons. The van der Waals surface area contributed by atoms with Gasteiger partial charge in [-0.1, -0.05) is 48.6 Å². The van der Waals surface area contributed by atoms with Crippen molar-refractivity contribution in [3.8, 4) is 0 Å². The maximum absolute atomic E-state index is 6.79. The van der Waals surface area contributed by atoms with Crippen molar-refractivity contribution in [1.82, 2.24) is 25.2 Å². The summed E-state index contributed by atoms with van der Waals surface area (Å²) in [4.78, 5) is 4.71. The second kappa shape index (κ2) is 9.10. The fraction of sp³-hybridized carbons (Fsp3) is 0.385. The molecule has 2 heterocycles. The lowest BCUT2D eigenvalue weighted by Crippen LogP contribution is -2.23. The number of halogens is 1. The van der Waals surface area contributed by atoms with E-state index >= 15 is 0 Å².